The summed E-state index contributed by atoms with van der Waals surface area (Å²) in [6, 6.07) is 16.2. The third kappa shape index (κ3) is 9.17. The summed E-state index contributed by atoms with van der Waals surface area (Å²) in [6.45, 7) is 9.55. The van der Waals surface area contributed by atoms with Crippen molar-refractivity contribution in [3.8, 4) is 5.75 Å². The second-order valence-electron chi connectivity index (χ2n) is 10.6. The first-order chi connectivity index (χ1) is 18.2. The topological polar surface area (TPSA) is 97.0 Å². The number of rotatable bonds is 12. The Bertz CT molecular complexity index is 1060. The van der Waals surface area contributed by atoms with Gasteiger partial charge in [0, 0.05) is 25.1 Å². The van der Waals surface area contributed by atoms with E-state index in [9.17, 15) is 14.4 Å². The molecule has 206 valence electrons. The number of carbonyl (C=O) groups is 3. The smallest absolute Gasteiger partial charge is 0.408 e. The molecule has 1 aliphatic heterocycles. The van der Waals surface area contributed by atoms with E-state index in [1.54, 1.807) is 0 Å². The minimum absolute atomic E-state index is 0.0543. The molecule has 3 rings (SSSR count). The number of hydrogen-bond acceptors (Lipinski definition) is 6. The third-order valence-corrected chi connectivity index (χ3v) is 6.43. The largest absolute Gasteiger partial charge is 0.492 e. The molecule has 8 nitrogen and oxygen atoms in total. The molecule has 2 atom stereocenters. The molecule has 0 radical (unpaired) electrons. The summed E-state index contributed by atoms with van der Waals surface area (Å²) in [5, 5.41) is 5.68. The highest BCUT2D eigenvalue weighted by atomic mass is 16.5. The van der Waals surface area contributed by atoms with Crippen LogP contribution < -0.4 is 15.4 Å². The van der Waals surface area contributed by atoms with Crippen LogP contribution in [0.2, 0.25) is 0 Å². The Morgan fingerprint density at radius 1 is 0.947 bits per heavy atom. The van der Waals surface area contributed by atoms with Crippen LogP contribution in [0.5, 0.6) is 5.75 Å². The lowest BCUT2D eigenvalue weighted by Crippen LogP contribution is -2.58. The number of benzene rings is 2. The molecule has 38 heavy (non-hydrogen) atoms. The Kier molecular flexibility index (Phi) is 11.1. The van der Waals surface area contributed by atoms with Crippen molar-refractivity contribution in [2.24, 2.45) is 11.8 Å². The van der Waals surface area contributed by atoms with Gasteiger partial charge in [0.2, 0.25) is 5.91 Å². The Hall–Kier alpha value is -3.39. The van der Waals surface area contributed by atoms with Crippen molar-refractivity contribution in [1.29, 1.82) is 0 Å². The first-order valence-corrected chi connectivity index (χ1v) is 13.5. The van der Waals surface area contributed by atoms with Gasteiger partial charge in [0.15, 0.2) is 5.78 Å². The van der Waals surface area contributed by atoms with Crippen LogP contribution in [0.1, 0.15) is 58.1 Å². The van der Waals surface area contributed by atoms with Gasteiger partial charge in [-0.05, 0) is 36.3 Å². The van der Waals surface area contributed by atoms with Gasteiger partial charge in [-0.15, -0.1) is 0 Å². The van der Waals surface area contributed by atoms with Gasteiger partial charge in [-0.2, -0.15) is 0 Å². The van der Waals surface area contributed by atoms with Crippen LogP contribution in [0, 0.1) is 11.8 Å². The summed E-state index contributed by atoms with van der Waals surface area (Å²) in [7, 11) is 0. The number of alkyl carbamates (subject to hydrolysis) is 1. The number of nitrogens with one attached hydrogen (secondary N) is 2. The summed E-state index contributed by atoms with van der Waals surface area (Å²) < 4.78 is 11.2. The van der Waals surface area contributed by atoms with Crippen molar-refractivity contribution in [3.05, 3.63) is 65.7 Å². The maximum absolute atomic E-state index is 13.5. The average Bonchev–Trinajstić information content (AvgIpc) is 3.11. The highest BCUT2D eigenvalue weighted by molar-refractivity contribution is 5.92. The Morgan fingerprint density at radius 2 is 1.66 bits per heavy atom. The van der Waals surface area contributed by atoms with E-state index in [0.717, 1.165) is 23.3 Å². The number of Topliss-reactive ketones (excluding diaryl/α,β-unsaturated/α-hetero) is 1. The number of ether oxygens (including phenoxy) is 2. The lowest BCUT2D eigenvalue weighted by molar-refractivity contribution is -0.134. The molecule has 0 saturated carbocycles. The second-order valence-corrected chi connectivity index (χ2v) is 10.6. The van der Waals surface area contributed by atoms with Crippen molar-refractivity contribution >= 4 is 17.8 Å². The minimum Gasteiger partial charge on any atom is -0.492 e. The maximum Gasteiger partial charge on any atom is 0.408 e. The molecule has 2 N–H and O–H groups in total. The number of amides is 2. The van der Waals surface area contributed by atoms with Gasteiger partial charge in [-0.1, -0.05) is 76.2 Å². The third-order valence-electron chi connectivity index (χ3n) is 6.43. The second kappa shape index (κ2) is 14.5. The fourth-order valence-electron chi connectivity index (χ4n) is 4.35. The van der Waals surface area contributed by atoms with E-state index >= 15 is 0 Å². The summed E-state index contributed by atoms with van der Waals surface area (Å²) >= 11 is 0. The van der Waals surface area contributed by atoms with E-state index in [1.165, 1.54) is 0 Å². The summed E-state index contributed by atoms with van der Waals surface area (Å²) in [4.78, 5) is 41.5. The zero-order chi connectivity index (χ0) is 27.5. The van der Waals surface area contributed by atoms with E-state index in [1.807, 2.05) is 73.3 Å². The standard InChI is InChI=1S/C30H41N3O5/c1-21(2)14-15-26(34)28(33-16-17-37-27-13-9-8-12-24(27)19-33)32-29(35)25(18-22(3)4)31-30(36)38-20-23-10-6-5-7-11-23/h5-13,21-22,25,28H,14-20H2,1-4H3,(H,31,36)(H,32,35)/t25-,28?/m0/s1. The predicted octanol–water partition coefficient (Wildman–Crippen LogP) is 4.67. The fourth-order valence-corrected chi connectivity index (χ4v) is 4.35. The zero-order valence-corrected chi connectivity index (χ0v) is 22.9. The highest BCUT2D eigenvalue weighted by Crippen LogP contribution is 2.24. The number of ketones is 1. The number of carbonyl (C=O) groups excluding carboxylic acids is 3. The molecule has 2 aromatic rings. The average molecular weight is 524 g/mol. The Morgan fingerprint density at radius 3 is 2.37 bits per heavy atom. The summed E-state index contributed by atoms with van der Waals surface area (Å²) in [5.41, 5.74) is 1.81. The van der Waals surface area contributed by atoms with Gasteiger partial charge in [0.25, 0.3) is 0 Å². The van der Waals surface area contributed by atoms with Crippen LogP contribution in [0.25, 0.3) is 0 Å². The van der Waals surface area contributed by atoms with E-state index in [-0.39, 0.29) is 18.3 Å². The fraction of sp³-hybridized carbons (Fsp3) is 0.500. The molecule has 0 fully saturated rings. The molecule has 1 heterocycles. The lowest BCUT2D eigenvalue weighted by atomic mass is 10.0. The monoisotopic (exact) mass is 523 g/mol. The van der Waals surface area contributed by atoms with Crippen LogP contribution in [-0.4, -0.2) is 48.0 Å². The summed E-state index contributed by atoms with van der Waals surface area (Å²) in [5.74, 6) is 0.820. The molecule has 2 amide bonds. The molecule has 1 aliphatic rings. The van der Waals surface area contributed by atoms with E-state index in [4.69, 9.17) is 9.47 Å². The Balaban J connectivity index is 1.73. The number of fused-ring (bicyclic) bond motifs is 1. The number of hydrogen-bond donors (Lipinski definition) is 2. The van der Waals surface area contributed by atoms with E-state index in [0.29, 0.717) is 38.5 Å². The first kappa shape index (κ1) is 29.2. The van der Waals surface area contributed by atoms with Crippen molar-refractivity contribution in [3.63, 3.8) is 0 Å². The Labute approximate surface area is 226 Å². The minimum atomic E-state index is -0.839. The molecule has 0 aromatic heterocycles. The van der Waals surface area contributed by atoms with Crippen molar-refractivity contribution < 1.29 is 23.9 Å². The highest BCUT2D eigenvalue weighted by Gasteiger charge is 2.32. The van der Waals surface area contributed by atoms with Gasteiger partial charge >= 0.3 is 6.09 Å². The van der Waals surface area contributed by atoms with Crippen LogP contribution in [0.3, 0.4) is 0 Å². The van der Waals surface area contributed by atoms with Gasteiger partial charge in [-0.25, -0.2) is 4.79 Å². The van der Waals surface area contributed by atoms with Crippen LogP contribution in [-0.2, 0) is 27.5 Å². The number of para-hydroxylation sites is 1. The van der Waals surface area contributed by atoms with Crippen molar-refractivity contribution in [1.82, 2.24) is 15.5 Å². The maximum atomic E-state index is 13.5. The molecule has 1 unspecified atom stereocenters. The number of nitrogens with zero attached hydrogens (tertiary/aromatic N) is 1. The van der Waals surface area contributed by atoms with Crippen LogP contribution in [0.15, 0.2) is 54.6 Å². The van der Waals surface area contributed by atoms with Gasteiger partial charge in [0.05, 0.1) is 0 Å². The molecule has 0 spiro atoms. The first-order valence-electron chi connectivity index (χ1n) is 13.5. The van der Waals surface area contributed by atoms with Crippen molar-refractivity contribution in [2.75, 3.05) is 13.2 Å². The van der Waals surface area contributed by atoms with Gasteiger partial charge < -0.3 is 20.1 Å². The van der Waals surface area contributed by atoms with Gasteiger partial charge in [-0.3, -0.25) is 14.5 Å². The molecule has 0 bridgehead atoms. The molecule has 2 aromatic carbocycles. The summed E-state index contributed by atoms with van der Waals surface area (Å²) in [6.07, 6.45) is -0.0121. The predicted molar refractivity (Wildman–Crippen MR) is 146 cm³/mol. The normalized spacial score (nSPS) is 15.1. The molecular formula is C30H41N3O5. The quantitative estimate of drug-likeness (QED) is 0.420. The van der Waals surface area contributed by atoms with E-state index in [2.05, 4.69) is 24.5 Å². The lowest BCUT2D eigenvalue weighted by Gasteiger charge is -2.31. The molecule has 0 saturated heterocycles. The molecule has 8 heteroatoms. The molecular weight excluding hydrogens is 482 g/mol. The van der Waals surface area contributed by atoms with Crippen molar-refractivity contribution in [2.45, 2.75) is 72.3 Å². The van der Waals surface area contributed by atoms with Crippen LogP contribution >= 0.6 is 0 Å². The SMILES string of the molecule is CC(C)CCC(=O)C(NC(=O)[C@H](CC(C)C)NC(=O)OCc1ccccc1)N1CCOc2ccccc2C1. The van der Waals surface area contributed by atoms with Crippen LogP contribution in [0.4, 0.5) is 4.79 Å². The van der Waals surface area contributed by atoms with E-state index < -0.39 is 24.2 Å². The van der Waals surface area contributed by atoms with Gasteiger partial charge in [0.1, 0.15) is 31.2 Å². The zero-order valence-electron chi connectivity index (χ0n) is 22.9. The molecule has 0 aliphatic carbocycles.